The van der Waals surface area contributed by atoms with Crippen LogP contribution in [-0.4, -0.2) is 42.5 Å². The highest BCUT2D eigenvalue weighted by Gasteiger charge is 2.35. The first-order valence-corrected chi connectivity index (χ1v) is 4.09. The summed E-state index contributed by atoms with van der Waals surface area (Å²) in [5, 5.41) is 5.62. The monoisotopic (exact) mass is 205 g/mol. The minimum Gasteiger partial charge on any atom is -0.329 e. The van der Waals surface area contributed by atoms with Crippen LogP contribution in [0.4, 0.5) is 4.79 Å². The van der Waals surface area contributed by atoms with Gasteiger partial charge >= 0.3 is 6.03 Å². The molecule has 2 aliphatic heterocycles. The summed E-state index contributed by atoms with van der Waals surface area (Å²) in [5.41, 5.74) is 0. The van der Waals surface area contributed by atoms with Crippen LogP contribution in [0.2, 0.25) is 0 Å². The minimum absolute atomic E-state index is 0. The summed E-state index contributed by atoms with van der Waals surface area (Å²) in [6.07, 6.45) is 0.874. The van der Waals surface area contributed by atoms with Crippen LogP contribution in [0.1, 0.15) is 6.42 Å². The van der Waals surface area contributed by atoms with E-state index in [0.29, 0.717) is 0 Å². The third-order valence-electron chi connectivity index (χ3n) is 2.28. The first kappa shape index (κ1) is 10.3. The van der Waals surface area contributed by atoms with E-state index in [1.807, 2.05) is 0 Å². The normalized spacial score (nSPS) is 27.4. The van der Waals surface area contributed by atoms with Gasteiger partial charge in [0, 0.05) is 6.54 Å². The molecule has 0 aromatic carbocycles. The summed E-state index contributed by atoms with van der Waals surface area (Å²) < 4.78 is 0. The third-order valence-corrected chi connectivity index (χ3v) is 2.28. The molecule has 2 saturated heterocycles. The maximum atomic E-state index is 11.2. The van der Waals surface area contributed by atoms with E-state index in [9.17, 15) is 9.59 Å². The van der Waals surface area contributed by atoms with Crippen molar-refractivity contribution in [2.24, 2.45) is 0 Å². The molecule has 13 heavy (non-hydrogen) atoms. The first-order valence-electron chi connectivity index (χ1n) is 4.09. The molecule has 0 radical (unpaired) electrons. The molecule has 1 unspecified atom stereocenters. The molecule has 2 rings (SSSR count). The van der Waals surface area contributed by atoms with Gasteiger partial charge in [0.2, 0.25) is 5.91 Å². The number of carbonyl (C=O) groups excluding carboxylic acids is 2. The quantitative estimate of drug-likeness (QED) is 0.558. The fraction of sp³-hybridized carbons (Fsp3) is 0.714. The number of rotatable bonds is 1. The molecule has 0 bridgehead atoms. The Balaban J connectivity index is 0.000000845. The van der Waals surface area contributed by atoms with E-state index in [1.165, 1.54) is 4.90 Å². The van der Waals surface area contributed by atoms with E-state index in [0.717, 1.165) is 19.5 Å². The van der Waals surface area contributed by atoms with Gasteiger partial charge in [-0.25, -0.2) is 4.79 Å². The molecular weight excluding hydrogens is 194 g/mol. The summed E-state index contributed by atoms with van der Waals surface area (Å²) >= 11 is 0. The van der Waals surface area contributed by atoms with Crippen molar-refractivity contribution in [3.63, 3.8) is 0 Å². The van der Waals surface area contributed by atoms with Crippen molar-refractivity contribution in [3.05, 3.63) is 0 Å². The predicted octanol–water partition coefficient (Wildman–Crippen LogP) is -0.678. The molecule has 5 nitrogen and oxygen atoms in total. The smallest absolute Gasteiger partial charge is 0.324 e. The van der Waals surface area contributed by atoms with Crippen molar-refractivity contribution < 1.29 is 9.59 Å². The number of urea groups is 1. The maximum Gasteiger partial charge on any atom is 0.324 e. The number of hydrogen-bond acceptors (Lipinski definition) is 3. The molecule has 0 saturated carbocycles. The molecule has 0 spiro atoms. The number of halogens is 1. The number of imide groups is 1. The largest absolute Gasteiger partial charge is 0.329 e. The molecule has 1 atom stereocenters. The Morgan fingerprint density at radius 2 is 2.15 bits per heavy atom. The zero-order chi connectivity index (χ0) is 8.55. The van der Waals surface area contributed by atoms with Gasteiger partial charge in [0.05, 0.1) is 12.6 Å². The van der Waals surface area contributed by atoms with Crippen molar-refractivity contribution in [1.82, 2.24) is 15.5 Å². The topological polar surface area (TPSA) is 61.4 Å². The van der Waals surface area contributed by atoms with Crippen LogP contribution in [-0.2, 0) is 4.79 Å². The standard InChI is InChI=1S/C7H11N3O2.ClH/c11-6-4-9-7(12)10(6)5-1-2-8-3-5;/h5,8H,1-4H2,(H,9,12);1H. The van der Waals surface area contributed by atoms with Gasteiger partial charge in [-0.1, -0.05) is 0 Å². The molecule has 2 heterocycles. The summed E-state index contributed by atoms with van der Waals surface area (Å²) in [6, 6.07) is -0.173. The lowest BCUT2D eigenvalue weighted by atomic mass is 10.2. The fourth-order valence-electron chi connectivity index (χ4n) is 1.66. The van der Waals surface area contributed by atoms with Crippen molar-refractivity contribution in [2.45, 2.75) is 12.5 Å². The second kappa shape index (κ2) is 3.93. The molecule has 2 fully saturated rings. The molecule has 2 N–H and O–H groups in total. The number of hydrogen-bond donors (Lipinski definition) is 2. The van der Waals surface area contributed by atoms with Crippen molar-refractivity contribution in [2.75, 3.05) is 19.6 Å². The predicted molar refractivity (Wildman–Crippen MR) is 48.8 cm³/mol. The molecular formula is C7H12ClN3O2. The molecule has 0 aromatic rings. The summed E-state index contributed by atoms with van der Waals surface area (Å²) in [5.74, 6) is -0.103. The Kier molecular flexibility index (Phi) is 3.11. The summed E-state index contributed by atoms with van der Waals surface area (Å²) in [7, 11) is 0. The van der Waals surface area contributed by atoms with Gasteiger partial charge in [0.1, 0.15) is 0 Å². The van der Waals surface area contributed by atoms with Gasteiger partial charge in [0.25, 0.3) is 0 Å². The number of carbonyl (C=O) groups is 2. The third kappa shape index (κ3) is 1.76. The number of amides is 3. The molecule has 74 valence electrons. The van der Waals surface area contributed by atoms with Gasteiger partial charge in [-0.05, 0) is 13.0 Å². The Morgan fingerprint density at radius 1 is 1.38 bits per heavy atom. The van der Waals surface area contributed by atoms with E-state index < -0.39 is 0 Å². The van der Waals surface area contributed by atoms with Crippen LogP contribution in [0, 0.1) is 0 Å². The Hall–Kier alpha value is -0.810. The summed E-state index contributed by atoms with van der Waals surface area (Å²) in [4.78, 5) is 23.7. The lowest BCUT2D eigenvalue weighted by molar-refractivity contribution is -0.126. The van der Waals surface area contributed by atoms with Crippen molar-refractivity contribution in [1.29, 1.82) is 0 Å². The van der Waals surface area contributed by atoms with E-state index in [-0.39, 0.29) is 36.9 Å². The van der Waals surface area contributed by atoms with Crippen molar-refractivity contribution in [3.8, 4) is 0 Å². The van der Waals surface area contributed by atoms with Crippen LogP contribution < -0.4 is 10.6 Å². The average molecular weight is 206 g/mol. The zero-order valence-electron chi connectivity index (χ0n) is 7.08. The second-order valence-corrected chi connectivity index (χ2v) is 3.07. The van der Waals surface area contributed by atoms with E-state index in [4.69, 9.17) is 0 Å². The lowest BCUT2D eigenvalue weighted by Crippen LogP contribution is -2.41. The summed E-state index contributed by atoms with van der Waals surface area (Å²) in [6.45, 7) is 1.79. The highest BCUT2D eigenvalue weighted by atomic mass is 35.5. The van der Waals surface area contributed by atoms with E-state index in [1.54, 1.807) is 0 Å². The number of nitrogens with zero attached hydrogens (tertiary/aromatic N) is 1. The van der Waals surface area contributed by atoms with Crippen molar-refractivity contribution >= 4 is 24.3 Å². The van der Waals surface area contributed by atoms with Crippen LogP contribution in [0.15, 0.2) is 0 Å². The maximum absolute atomic E-state index is 11.2. The Bertz CT molecular complexity index is 212. The molecule has 2 aliphatic rings. The van der Waals surface area contributed by atoms with Gasteiger partial charge in [-0.2, -0.15) is 0 Å². The minimum atomic E-state index is -0.242. The van der Waals surface area contributed by atoms with Crippen LogP contribution in [0.25, 0.3) is 0 Å². The molecule has 0 aromatic heterocycles. The second-order valence-electron chi connectivity index (χ2n) is 3.07. The van der Waals surface area contributed by atoms with Crippen LogP contribution in [0.3, 0.4) is 0 Å². The lowest BCUT2D eigenvalue weighted by Gasteiger charge is -2.18. The van der Waals surface area contributed by atoms with E-state index >= 15 is 0 Å². The van der Waals surface area contributed by atoms with Gasteiger partial charge < -0.3 is 10.6 Å². The van der Waals surface area contributed by atoms with Gasteiger partial charge in [-0.3, -0.25) is 9.69 Å². The number of nitrogens with one attached hydrogen (secondary N) is 2. The van der Waals surface area contributed by atoms with Gasteiger partial charge in [0.15, 0.2) is 0 Å². The Labute approximate surface area is 82.3 Å². The van der Waals surface area contributed by atoms with Crippen LogP contribution in [0.5, 0.6) is 0 Å². The molecule has 6 heteroatoms. The highest BCUT2D eigenvalue weighted by molar-refractivity contribution is 6.02. The van der Waals surface area contributed by atoms with Crippen LogP contribution >= 0.6 is 12.4 Å². The Morgan fingerprint density at radius 3 is 2.62 bits per heavy atom. The first-order chi connectivity index (χ1) is 5.79. The zero-order valence-corrected chi connectivity index (χ0v) is 7.89. The highest BCUT2D eigenvalue weighted by Crippen LogP contribution is 2.11. The fourth-order valence-corrected chi connectivity index (χ4v) is 1.66. The SMILES string of the molecule is Cl.O=C1CNC(=O)N1C1CCNC1. The average Bonchev–Trinajstić information content (AvgIpc) is 2.61. The van der Waals surface area contributed by atoms with Gasteiger partial charge in [-0.15, -0.1) is 12.4 Å². The molecule has 3 amide bonds. The van der Waals surface area contributed by atoms with E-state index in [2.05, 4.69) is 10.6 Å². The molecule has 0 aliphatic carbocycles.